The van der Waals surface area contributed by atoms with Crippen LogP contribution in [0.5, 0.6) is 0 Å². The lowest BCUT2D eigenvalue weighted by Gasteiger charge is -2.32. The first-order valence-electron chi connectivity index (χ1n) is 8.13. The van der Waals surface area contributed by atoms with Crippen LogP contribution < -0.4 is 0 Å². The molecule has 1 atom stereocenters. The Kier molecular flexibility index (Phi) is 4.64. The Morgan fingerprint density at radius 1 is 1.12 bits per heavy atom. The second-order valence-electron chi connectivity index (χ2n) is 5.86. The van der Waals surface area contributed by atoms with E-state index < -0.39 is 0 Å². The minimum absolute atomic E-state index is 0.147. The number of thiazole rings is 1. The van der Waals surface area contributed by atoms with Crippen LogP contribution >= 0.6 is 11.3 Å². The van der Waals surface area contributed by atoms with Gasteiger partial charge in [0.05, 0.1) is 24.1 Å². The third kappa shape index (κ3) is 3.53. The van der Waals surface area contributed by atoms with Gasteiger partial charge in [-0.25, -0.2) is 4.98 Å². The van der Waals surface area contributed by atoms with Gasteiger partial charge in [0.15, 0.2) is 0 Å². The number of pyridine rings is 1. The van der Waals surface area contributed by atoms with Crippen molar-refractivity contribution in [3.8, 4) is 10.7 Å². The first-order valence-corrected chi connectivity index (χ1v) is 9.01. The molecule has 0 spiro atoms. The highest BCUT2D eigenvalue weighted by molar-refractivity contribution is 7.13. The van der Waals surface area contributed by atoms with Gasteiger partial charge in [0.25, 0.3) is 0 Å². The van der Waals surface area contributed by atoms with Gasteiger partial charge in [-0.05, 0) is 17.7 Å². The second kappa shape index (κ2) is 7.21. The first-order chi connectivity index (χ1) is 11.9. The SMILES string of the molecule is c1ccc([C@H]2CN(Cc3csc(-c4ccccn4)n3)CCO2)cc1. The Morgan fingerprint density at radius 3 is 2.83 bits per heavy atom. The van der Waals surface area contributed by atoms with E-state index in [1.807, 2.05) is 30.5 Å². The predicted molar refractivity (Wildman–Crippen MR) is 95.8 cm³/mol. The quantitative estimate of drug-likeness (QED) is 0.726. The normalized spacial score (nSPS) is 18.6. The topological polar surface area (TPSA) is 38.2 Å². The molecule has 0 bridgehead atoms. The van der Waals surface area contributed by atoms with Crippen molar-refractivity contribution in [3.05, 3.63) is 71.4 Å². The smallest absolute Gasteiger partial charge is 0.142 e. The molecule has 1 fully saturated rings. The molecule has 122 valence electrons. The van der Waals surface area contributed by atoms with Crippen molar-refractivity contribution in [1.29, 1.82) is 0 Å². The molecular formula is C19H19N3OS. The highest BCUT2D eigenvalue weighted by atomic mass is 32.1. The van der Waals surface area contributed by atoms with Crippen molar-refractivity contribution in [2.75, 3.05) is 19.7 Å². The summed E-state index contributed by atoms with van der Waals surface area (Å²) in [6.45, 7) is 3.47. The van der Waals surface area contributed by atoms with Crippen LogP contribution in [0.1, 0.15) is 17.4 Å². The van der Waals surface area contributed by atoms with E-state index in [0.29, 0.717) is 0 Å². The van der Waals surface area contributed by atoms with Gasteiger partial charge in [0.2, 0.25) is 0 Å². The van der Waals surface area contributed by atoms with E-state index in [4.69, 9.17) is 9.72 Å². The summed E-state index contributed by atoms with van der Waals surface area (Å²) in [4.78, 5) is 11.5. The average Bonchev–Trinajstić information content (AvgIpc) is 3.12. The van der Waals surface area contributed by atoms with Crippen LogP contribution in [-0.2, 0) is 11.3 Å². The van der Waals surface area contributed by atoms with Gasteiger partial charge in [-0.15, -0.1) is 11.3 Å². The fourth-order valence-corrected chi connectivity index (χ4v) is 3.72. The summed E-state index contributed by atoms with van der Waals surface area (Å²) in [7, 11) is 0. The van der Waals surface area contributed by atoms with Crippen molar-refractivity contribution < 1.29 is 4.74 Å². The lowest BCUT2D eigenvalue weighted by Crippen LogP contribution is -2.37. The largest absolute Gasteiger partial charge is 0.371 e. The maximum Gasteiger partial charge on any atom is 0.142 e. The molecule has 3 aromatic rings. The molecule has 1 saturated heterocycles. The van der Waals surface area contributed by atoms with Gasteiger partial charge in [0.1, 0.15) is 5.01 Å². The van der Waals surface area contributed by atoms with Crippen LogP contribution in [0.2, 0.25) is 0 Å². The number of rotatable bonds is 4. The van der Waals surface area contributed by atoms with Crippen LogP contribution in [0.4, 0.5) is 0 Å². The summed E-state index contributed by atoms with van der Waals surface area (Å²) in [5, 5.41) is 3.12. The van der Waals surface area contributed by atoms with Crippen LogP contribution in [-0.4, -0.2) is 34.6 Å². The molecule has 24 heavy (non-hydrogen) atoms. The van der Waals surface area contributed by atoms with Crippen molar-refractivity contribution >= 4 is 11.3 Å². The molecule has 1 aliphatic rings. The summed E-state index contributed by atoms with van der Waals surface area (Å²) in [5.41, 5.74) is 3.29. The summed E-state index contributed by atoms with van der Waals surface area (Å²) in [6, 6.07) is 16.4. The Bertz CT molecular complexity index is 776. The van der Waals surface area contributed by atoms with Crippen LogP contribution in [0.3, 0.4) is 0 Å². The minimum atomic E-state index is 0.147. The molecule has 0 amide bonds. The Hall–Kier alpha value is -2.08. The van der Waals surface area contributed by atoms with E-state index in [1.54, 1.807) is 11.3 Å². The zero-order valence-corrected chi connectivity index (χ0v) is 14.2. The molecule has 0 N–H and O–H groups in total. The van der Waals surface area contributed by atoms with Gasteiger partial charge in [-0.3, -0.25) is 9.88 Å². The molecule has 4 nitrogen and oxygen atoms in total. The van der Waals surface area contributed by atoms with E-state index in [2.05, 4.69) is 39.5 Å². The Balaban J connectivity index is 1.43. The summed E-state index contributed by atoms with van der Waals surface area (Å²) in [6.07, 6.45) is 1.96. The maximum absolute atomic E-state index is 5.94. The summed E-state index contributed by atoms with van der Waals surface area (Å²) < 4.78 is 5.94. The molecule has 0 saturated carbocycles. The number of morpholine rings is 1. The van der Waals surface area contributed by atoms with Gasteiger partial charge >= 0.3 is 0 Å². The number of ether oxygens (including phenoxy) is 1. The molecule has 2 aromatic heterocycles. The standard InChI is InChI=1S/C19H19N3OS/c1-2-6-15(7-3-1)18-13-22(10-11-23-18)12-16-14-24-19(21-16)17-8-4-5-9-20-17/h1-9,14,18H,10-13H2/t18-/m1/s1. The van der Waals surface area contributed by atoms with E-state index in [1.165, 1.54) is 5.56 Å². The number of aromatic nitrogens is 2. The third-order valence-corrected chi connectivity index (χ3v) is 5.06. The van der Waals surface area contributed by atoms with Gasteiger partial charge in [-0.1, -0.05) is 36.4 Å². The molecule has 1 aliphatic heterocycles. The summed E-state index contributed by atoms with van der Waals surface area (Å²) >= 11 is 1.66. The highest BCUT2D eigenvalue weighted by Gasteiger charge is 2.22. The molecule has 1 aromatic carbocycles. The number of hydrogen-bond donors (Lipinski definition) is 0. The molecular weight excluding hydrogens is 318 g/mol. The van der Waals surface area contributed by atoms with E-state index >= 15 is 0 Å². The fourth-order valence-electron chi connectivity index (χ4n) is 2.93. The minimum Gasteiger partial charge on any atom is -0.371 e. The molecule has 4 rings (SSSR count). The van der Waals surface area contributed by atoms with E-state index in [9.17, 15) is 0 Å². The molecule has 0 aliphatic carbocycles. The van der Waals surface area contributed by atoms with Crippen molar-refractivity contribution in [1.82, 2.24) is 14.9 Å². The highest BCUT2D eigenvalue weighted by Crippen LogP contribution is 2.25. The van der Waals surface area contributed by atoms with Crippen LogP contribution in [0, 0.1) is 0 Å². The van der Waals surface area contributed by atoms with Crippen molar-refractivity contribution in [3.63, 3.8) is 0 Å². The van der Waals surface area contributed by atoms with E-state index in [0.717, 1.165) is 42.6 Å². The van der Waals surface area contributed by atoms with Crippen molar-refractivity contribution in [2.45, 2.75) is 12.6 Å². The number of hydrogen-bond acceptors (Lipinski definition) is 5. The second-order valence-corrected chi connectivity index (χ2v) is 6.72. The number of nitrogens with zero attached hydrogens (tertiary/aromatic N) is 3. The Morgan fingerprint density at radius 2 is 2.00 bits per heavy atom. The zero-order chi connectivity index (χ0) is 16.2. The van der Waals surface area contributed by atoms with Gasteiger partial charge in [-0.2, -0.15) is 0 Å². The zero-order valence-electron chi connectivity index (χ0n) is 13.3. The van der Waals surface area contributed by atoms with Crippen LogP contribution in [0.15, 0.2) is 60.1 Å². The molecule has 5 heteroatoms. The summed E-state index contributed by atoms with van der Waals surface area (Å²) in [5.74, 6) is 0. The van der Waals surface area contributed by atoms with E-state index in [-0.39, 0.29) is 6.10 Å². The van der Waals surface area contributed by atoms with Gasteiger partial charge in [0, 0.05) is 31.2 Å². The first kappa shape index (κ1) is 15.4. The average molecular weight is 337 g/mol. The Labute approximate surface area is 145 Å². The lowest BCUT2D eigenvalue weighted by atomic mass is 10.1. The van der Waals surface area contributed by atoms with Crippen molar-refractivity contribution in [2.24, 2.45) is 0 Å². The lowest BCUT2D eigenvalue weighted by molar-refractivity contribution is -0.0332. The third-order valence-electron chi connectivity index (χ3n) is 4.14. The number of benzene rings is 1. The monoisotopic (exact) mass is 337 g/mol. The fraction of sp³-hybridized carbons (Fsp3) is 0.263. The molecule has 3 heterocycles. The predicted octanol–water partition coefficient (Wildman–Crippen LogP) is 3.78. The molecule has 0 unspecified atom stereocenters. The maximum atomic E-state index is 5.94. The molecule has 0 radical (unpaired) electrons. The van der Waals surface area contributed by atoms with Gasteiger partial charge < -0.3 is 4.74 Å². The van der Waals surface area contributed by atoms with Crippen LogP contribution in [0.25, 0.3) is 10.7 Å².